The van der Waals surface area contributed by atoms with Crippen LogP contribution in [0.1, 0.15) is 38.1 Å². The summed E-state index contributed by atoms with van der Waals surface area (Å²) in [7, 11) is 0. The van der Waals surface area contributed by atoms with Crippen LogP contribution in [-0.2, 0) is 0 Å². The van der Waals surface area contributed by atoms with Gasteiger partial charge in [0.2, 0.25) is 0 Å². The third-order valence-corrected chi connectivity index (χ3v) is 2.48. The summed E-state index contributed by atoms with van der Waals surface area (Å²) < 4.78 is 13.5. The van der Waals surface area contributed by atoms with Gasteiger partial charge >= 0.3 is 0 Å². The topological polar surface area (TPSA) is 20.3 Å². The Morgan fingerprint density at radius 3 is 2.31 bits per heavy atom. The lowest BCUT2D eigenvalue weighted by molar-refractivity contribution is 0.0594. The van der Waals surface area contributed by atoms with Crippen molar-refractivity contribution in [1.29, 1.82) is 0 Å². The van der Waals surface area contributed by atoms with Crippen molar-refractivity contribution in [3.8, 4) is 0 Å². The van der Waals surface area contributed by atoms with Crippen molar-refractivity contribution < 1.29 is 9.18 Å². The van der Waals surface area contributed by atoms with E-state index in [-0.39, 0.29) is 17.0 Å². The molecule has 1 amide bonds. The first kappa shape index (κ1) is 12.7. The second-order valence-corrected chi connectivity index (χ2v) is 4.70. The lowest BCUT2D eigenvalue weighted by Crippen LogP contribution is -2.45. The molecule has 0 fully saturated rings. The largest absolute Gasteiger partial charge is 0.334 e. The minimum atomic E-state index is -0.463. The summed E-state index contributed by atoms with van der Waals surface area (Å²) in [6.07, 6.45) is 0. The van der Waals surface area contributed by atoms with E-state index in [1.54, 1.807) is 17.0 Å². The number of benzene rings is 1. The molecule has 1 aromatic rings. The van der Waals surface area contributed by atoms with Crippen LogP contribution in [0.3, 0.4) is 0 Å². The van der Waals surface area contributed by atoms with Gasteiger partial charge < -0.3 is 4.90 Å². The van der Waals surface area contributed by atoms with Gasteiger partial charge in [0.05, 0.1) is 5.56 Å². The summed E-state index contributed by atoms with van der Waals surface area (Å²) in [4.78, 5) is 13.8. The molecular formula is C13H18FNO. The van der Waals surface area contributed by atoms with Crippen LogP contribution in [0.15, 0.2) is 24.3 Å². The summed E-state index contributed by atoms with van der Waals surface area (Å²) in [5.74, 6) is -0.719. The molecule has 1 rings (SSSR count). The Balaban J connectivity index is 3.06. The molecule has 0 heterocycles. The zero-order valence-electron chi connectivity index (χ0n) is 10.2. The van der Waals surface area contributed by atoms with Crippen molar-refractivity contribution in [3.63, 3.8) is 0 Å². The fourth-order valence-electron chi connectivity index (χ4n) is 1.70. The van der Waals surface area contributed by atoms with E-state index in [2.05, 4.69) is 0 Å². The first-order valence-corrected chi connectivity index (χ1v) is 5.44. The van der Waals surface area contributed by atoms with Crippen LogP contribution in [0.5, 0.6) is 0 Å². The lowest BCUT2D eigenvalue weighted by Gasteiger charge is -2.34. The molecule has 0 saturated carbocycles. The van der Waals surface area contributed by atoms with Crippen molar-refractivity contribution in [2.24, 2.45) is 0 Å². The average Bonchev–Trinajstić information content (AvgIpc) is 2.17. The SMILES string of the molecule is CCN(C(=O)c1ccccc1F)C(C)(C)C. The summed E-state index contributed by atoms with van der Waals surface area (Å²) in [5, 5.41) is 0. The maximum Gasteiger partial charge on any atom is 0.257 e. The van der Waals surface area contributed by atoms with Gasteiger partial charge in [0, 0.05) is 12.1 Å². The molecule has 0 radical (unpaired) electrons. The van der Waals surface area contributed by atoms with Gasteiger partial charge in [-0.3, -0.25) is 4.79 Å². The number of carbonyl (C=O) groups excluding carboxylic acids is 1. The van der Waals surface area contributed by atoms with Gasteiger partial charge in [-0.05, 0) is 39.8 Å². The van der Waals surface area contributed by atoms with Crippen molar-refractivity contribution >= 4 is 5.91 Å². The minimum absolute atomic E-state index is 0.138. The highest BCUT2D eigenvalue weighted by molar-refractivity contribution is 5.94. The van der Waals surface area contributed by atoms with Gasteiger partial charge in [-0.15, -0.1) is 0 Å². The Morgan fingerprint density at radius 2 is 1.88 bits per heavy atom. The molecule has 0 spiro atoms. The predicted octanol–water partition coefficient (Wildman–Crippen LogP) is 3.09. The third-order valence-electron chi connectivity index (χ3n) is 2.48. The highest BCUT2D eigenvalue weighted by atomic mass is 19.1. The van der Waals surface area contributed by atoms with E-state index in [0.29, 0.717) is 6.54 Å². The molecule has 88 valence electrons. The first-order valence-electron chi connectivity index (χ1n) is 5.44. The second kappa shape index (κ2) is 4.64. The lowest BCUT2D eigenvalue weighted by atomic mass is 10.0. The van der Waals surface area contributed by atoms with Gasteiger partial charge in [-0.2, -0.15) is 0 Å². The van der Waals surface area contributed by atoms with Gasteiger partial charge in [-0.25, -0.2) is 4.39 Å². The fraction of sp³-hybridized carbons (Fsp3) is 0.462. The van der Waals surface area contributed by atoms with E-state index in [0.717, 1.165) is 0 Å². The van der Waals surface area contributed by atoms with Crippen LogP contribution in [0.25, 0.3) is 0 Å². The molecule has 1 aromatic carbocycles. The molecular weight excluding hydrogens is 205 g/mol. The molecule has 0 unspecified atom stereocenters. The highest BCUT2D eigenvalue weighted by Gasteiger charge is 2.27. The third kappa shape index (κ3) is 2.60. The standard InChI is InChI=1S/C13H18FNO/c1-5-15(13(2,3)4)12(16)10-8-6-7-9-11(10)14/h6-9H,5H2,1-4H3. The number of amides is 1. The Labute approximate surface area is 96.1 Å². The van der Waals surface area contributed by atoms with Crippen LogP contribution in [0, 0.1) is 5.82 Å². The molecule has 0 N–H and O–H groups in total. The number of hydrogen-bond donors (Lipinski definition) is 0. The molecule has 16 heavy (non-hydrogen) atoms. The van der Waals surface area contributed by atoms with E-state index in [1.807, 2.05) is 27.7 Å². The van der Waals surface area contributed by atoms with Crippen molar-refractivity contribution in [1.82, 2.24) is 4.90 Å². The molecule has 0 aliphatic carbocycles. The van der Waals surface area contributed by atoms with E-state index in [9.17, 15) is 9.18 Å². The van der Waals surface area contributed by atoms with Crippen LogP contribution in [0.4, 0.5) is 4.39 Å². The molecule has 0 aromatic heterocycles. The Kier molecular flexibility index (Phi) is 3.68. The quantitative estimate of drug-likeness (QED) is 0.754. The molecule has 0 saturated heterocycles. The molecule has 0 aliphatic rings. The minimum Gasteiger partial charge on any atom is -0.334 e. The zero-order chi connectivity index (χ0) is 12.3. The van der Waals surface area contributed by atoms with Crippen molar-refractivity contribution in [2.75, 3.05) is 6.54 Å². The van der Waals surface area contributed by atoms with E-state index >= 15 is 0 Å². The number of halogens is 1. The Morgan fingerprint density at radius 1 is 1.31 bits per heavy atom. The van der Waals surface area contributed by atoms with Gasteiger partial charge in [0.15, 0.2) is 0 Å². The summed E-state index contributed by atoms with van der Waals surface area (Å²) in [6.45, 7) is 8.28. The van der Waals surface area contributed by atoms with E-state index in [1.165, 1.54) is 12.1 Å². The fourth-order valence-corrected chi connectivity index (χ4v) is 1.70. The maximum absolute atomic E-state index is 13.5. The highest BCUT2D eigenvalue weighted by Crippen LogP contribution is 2.18. The molecule has 2 nitrogen and oxygen atoms in total. The summed E-state index contributed by atoms with van der Waals surface area (Å²) in [6, 6.07) is 6.09. The van der Waals surface area contributed by atoms with Gasteiger partial charge in [0.25, 0.3) is 5.91 Å². The predicted molar refractivity (Wildman–Crippen MR) is 62.9 cm³/mol. The van der Waals surface area contributed by atoms with Crippen LogP contribution in [-0.4, -0.2) is 22.9 Å². The van der Waals surface area contributed by atoms with Crippen molar-refractivity contribution in [3.05, 3.63) is 35.6 Å². The first-order chi connectivity index (χ1) is 7.38. The van der Waals surface area contributed by atoms with Crippen molar-refractivity contribution in [2.45, 2.75) is 33.2 Å². The monoisotopic (exact) mass is 223 g/mol. The smallest absolute Gasteiger partial charge is 0.257 e. The number of nitrogens with zero attached hydrogens (tertiary/aromatic N) is 1. The molecule has 0 atom stereocenters. The van der Waals surface area contributed by atoms with Gasteiger partial charge in [0.1, 0.15) is 5.82 Å². The Bertz CT molecular complexity index is 382. The molecule has 0 bridgehead atoms. The van der Waals surface area contributed by atoms with Crippen LogP contribution >= 0.6 is 0 Å². The second-order valence-electron chi connectivity index (χ2n) is 4.70. The number of hydrogen-bond acceptors (Lipinski definition) is 1. The van der Waals surface area contributed by atoms with E-state index in [4.69, 9.17) is 0 Å². The number of carbonyl (C=O) groups is 1. The van der Waals surface area contributed by atoms with Crippen LogP contribution in [0.2, 0.25) is 0 Å². The normalized spacial score (nSPS) is 11.3. The molecule has 0 aliphatic heterocycles. The Hall–Kier alpha value is -1.38. The zero-order valence-corrected chi connectivity index (χ0v) is 10.2. The van der Waals surface area contributed by atoms with Gasteiger partial charge in [-0.1, -0.05) is 12.1 Å². The number of rotatable bonds is 2. The van der Waals surface area contributed by atoms with Crippen LogP contribution < -0.4 is 0 Å². The summed E-state index contributed by atoms with van der Waals surface area (Å²) >= 11 is 0. The van der Waals surface area contributed by atoms with E-state index < -0.39 is 5.82 Å². The maximum atomic E-state index is 13.5. The average molecular weight is 223 g/mol. The summed E-state index contributed by atoms with van der Waals surface area (Å²) in [5.41, 5.74) is -0.159. The molecule has 3 heteroatoms.